The summed E-state index contributed by atoms with van der Waals surface area (Å²) >= 11 is 1.11. The van der Waals surface area contributed by atoms with Crippen LogP contribution in [-0.2, 0) is 19.4 Å². The van der Waals surface area contributed by atoms with E-state index in [0.29, 0.717) is 22.4 Å². The Hall–Kier alpha value is -2.74. The summed E-state index contributed by atoms with van der Waals surface area (Å²) in [7, 11) is 4.35. The topological polar surface area (TPSA) is 51.2 Å². The molecule has 0 bridgehead atoms. The minimum absolute atomic E-state index is 0.333. The van der Waals surface area contributed by atoms with Crippen LogP contribution >= 0.6 is 12.0 Å². The summed E-state index contributed by atoms with van der Waals surface area (Å²) in [4.78, 5) is 3.13. The summed E-state index contributed by atoms with van der Waals surface area (Å²) in [6.45, 7) is 6.95. The molecule has 4 rings (SSSR count). The van der Waals surface area contributed by atoms with E-state index in [9.17, 15) is 4.39 Å². The SMILES string of the molecule is C=C(F)/C=C(\C=C/C)SOc1c(OC)ccc2c1CN1CCc3cc(OC)ccc3C1C2.CO. The maximum Gasteiger partial charge on any atom is 0.184 e. The molecule has 2 aliphatic heterocycles. The van der Waals surface area contributed by atoms with Gasteiger partial charge in [-0.15, -0.1) is 0 Å². The van der Waals surface area contributed by atoms with Crippen LogP contribution in [-0.4, -0.2) is 37.9 Å². The molecule has 1 atom stereocenters. The van der Waals surface area contributed by atoms with Crippen molar-refractivity contribution in [1.29, 1.82) is 0 Å². The lowest BCUT2D eigenvalue weighted by Gasteiger charge is -2.42. The molecule has 0 aliphatic carbocycles. The fourth-order valence-electron chi connectivity index (χ4n) is 4.48. The van der Waals surface area contributed by atoms with Crippen LogP contribution in [0, 0.1) is 0 Å². The molecular formula is C27H32FNO4S. The molecule has 0 radical (unpaired) electrons. The van der Waals surface area contributed by atoms with Crippen molar-refractivity contribution in [2.24, 2.45) is 0 Å². The van der Waals surface area contributed by atoms with Gasteiger partial charge in [-0.1, -0.05) is 24.8 Å². The van der Waals surface area contributed by atoms with Gasteiger partial charge in [0.1, 0.15) is 11.6 Å². The molecule has 2 aromatic rings. The van der Waals surface area contributed by atoms with Crippen LogP contribution < -0.4 is 13.7 Å². The van der Waals surface area contributed by atoms with Gasteiger partial charge in [-0.3, -0.25) is 4.90 Å². The van der Waals surface area contributed by atoms with E-state index < -0.39 is 5.83 Å². The summed E-state index contributed by atoms with van der Waals surface area (Å²) in [6.07, 6.45) is 6.88. The lowest BCUT2D eigenvalue weighted by molar-refractivity contribution is 0.159. The fourth-order valence-corrected chi connectivity index (χ4v) is 5.21. The maximum atomic E-state index is 13.4. The number of nitrogens with zero attached hydrogens (tertiary/aromatic N) is 1. The first-order valence-corrected chi connectivity index (χ1v) is 11.9. The van der Waals surface area contributed by atoms with Gasteiger partial charge in [0.05, 0.1) is 31.2 Å². The fraction of sp³-hybridized carbons (Fsp3) is 0.333. The summed E-state index contributed by atoms with van der Waals surface area (Å²) < 4.78 is 30.5. The number of allylic oxidation sites excluding steroid dienone is 4. The number of fused-ring (bicyclic) bond motifs is 4. The van der Waals surface area contributed by atoms with Gasteiger partial charge in [0.15, 0.2) is 11.5 Å². The van der Waals surface area contributed by atoms with Crippen molar-refractivity contribution < 1.29 is 23.2 Å². The van der Waals surface area contributed by atoms with Gasteiger partial charge >= 0.3 is 0 Å². The van der Waals surface area contributed by atoms with Gasteiger partial charge < -0.3 is 18.8 Å². The van der Waals surface area contributed by atoms with E-state index in [0.717, 1.165) is 56.4 Å². The highest BCUT2D eigenvalue weighted by Gasteiger charge is 2.34. The second-order valence-electron chi connectivity index (χ2n) is 7.90. The van der Waals surface area contributed by atoms with Crippen LogP contribution in [0.15, 0.2) is 65.9 Å². The molecule has 1 unspecified atom stereocenters. The zero-order valence-electron chi connectivity index (χ0n) is 20.1. The second-order valence-corrected chi connectivity index (χ2v) is 8.70. The Morgan fingerprint density at radius 1 is 1.18 bits per heavy atom. The molecule has 2 aromatic carbocycles. The van der Waals surface area contributed by atoms with Gasteiger partial charge in [-0.2, -0.15) is 0 Å². The molecule has 0 aromatic heterocycles. The average Bonchev–Trinajstić information content (AvgIpc) is 2.86. The lowest BCUT2D eigenvalue weighted by atomic mass is 9.83. The quantitative estimate of drug-likeness (QED) is 0.387. The molecule has 0 spiro atoms. The van der Waals surface area contributed by atoms with Crippen LogP contribution in [0.25, 0.3) is 0 Å². The standard InChI is InChI=1S/C26H28FNO3S.CH4O/c1-5-6-21(13-17(2)27)32-31-26-23-16-28-12-11-19-14-20(29-3)8-9-22(19)24(28)15-18(23)7-10-25(26)30-4;1-2/h5-10,13-14,24H,2,11-12,15-16H2,1,3-4H3;2H,1H3/b6-5-,21-13+;. The zero-order valence-corrected chi connectivity index (χ0v) is 21.0. The Bertz CT molecular complexity index is 1080. The Kier molecular flexibility index (Phi) is 9.21. The van der Waals surface area contributed by atoms with E-state index in [2.05, 4.69) is 29.7 Å². The van der Waals surface area contributed by atoms with E-state index in [1.807, 2.05) is 25.1 Å². The molecule has 34 heavy (non-hydrogen) atoms. The highest BCUT2D eigenvalue weighted by Crippen LogP contribution is 2.45. The van der Waals surface area contributed by atoms with Crippen molar-refractivity contribution in [2.45, 2.75) is 32.4 Å². The molecule has 7 heteroatoms. The third-order valence-corrected chi connectivity index (χ3v) is 6.68. The molecule has 5 nitrogen and oxygen atoms in total. The summed E-state index contributed by atoms with van der Waals surface area (Å²) in [6, 6.07) is 10.8. The van der Waals surface area contributed by atoms with Gasteiger partial charge in [0.25, 0.3) is 0 Å². The monoisotopic (exact) mass is 485 g/mol. The Morgan fingerprint density at radius 3 is 2.65 bits per heavy atom. The molecule has 182 valence electrons. The molecule has 1 N–H and O–H groups in total. The van der Waals surface area contributed by atoms with E-state index in [1.165, 1.54) is 22.8 Å². The van der Waals surface area contributed by atoms with Crippen LogP contribution in [0.4, 0.5) is 4.39 Å². The van der Waals surface area contributed by atoms with Crippen LogP contribution in [0.3, 0.4) is 0 Å². The van der Waals surface area contributed by atoms with E-state index in [4.69, 9.17) is 18.8 Å². The largest absolute Gasteiger partial charge is 0.497 e. The van der Waals surface area contributed by atoms with Crippen molar-refractivity contribution in [2.75, 3.05) is 27.9 Å². The molecule has 0 saturated carbocycles. The molecule has 0 fully saturated rings. The number of hydrogen-bond acceptors (Lipinski definition) is 6. The second kappa shape index (κ2) is 12.1. The van der Waals surface area contributed by atoms with Crippen LogP contribution in [0.1, 0.15) is 35.2 Å². The third-order valence-electron chi connectivity index (χ3n) is 5.99. The highest BCUT2D eigenvalue weighted by atomic mass is 32.2. The number of aliphatic hydroxyl groups excluding tert-OH is 1. The van der Waals surface area contributed by atoms with Gasteiger partial charge in [-0.25, -0.2) is 4.39 Å². The van der Waals surface area contributed by atoms with E-state index in [-0.39, 0.29) is 0 Å². The van der Waals surface area contributed by atoms with Crippen molar-refractivity contribution >= 4 is 12.0 Å². The molecule has 0 saturated heterocycles. The first-order valence-electron chi connectivity index (χ1n) is 11.1. The minimum atomic E-state index is -0.511. The molecule has 2 aliphatic rings. The molecule has 2 heterocycles. The predicted molar refractivity (Wildman–Crippen MR) is 136 cm³/mol. The average molecular weight is 486 g/mol. The minimum Gasteiger partial charge on any atom is -0.497 e. The number of halogens is 1. The van der Waals surface area contributed by atoms with Crippen molar-refractivity contribution in [3.63, 3.8) is 0 Å². The number of ether oxygens (including phenoxy) is 2. The number of benzene rings is 2. The number of hydrogen-bond donors (Lipinski definition) is 1. The predicted octanol–water partition coefficient (Wildman–Crippen LogP) is 5.94. The van der Waals surface area contributed by atoms with Crippen molar-refractivity contribution in [1.82, 2.24) is 4.90 Å². The van der Waals surface area contributed by atoms with E-state index in [1.54, 1.807) is 20.3 Å². The normalized spacial score (nSPS) is 17.1. The van der Waals surface area contributed by atoms with Gasteiger partial charge in [-0.05, 0) is 66.8 Å². The molecule has 0 amide bonds. The number of rotatable bonds is 7. The third kappa shape index (κ3) is 5.66. The van der Waals surface area contributed by atoms with Crippen LogP contribution in [0.2, 0.25) is 0 Å². The maximum absolute atomic E-state index is 13.4. The van der Waals surface area contributed by atoms with Crippen molar-refractivity contribution in [3.8, 4) is 17.2 Å². The Labute approximate surface area is 205 Å². The summed E-state index contributed by atoms with van der Waals surface area (Å²) in [5.74, 6) is 1.78. The van der Waals surface area contributed by atoms with E-state index >= 15 is 0 Å². The first kappa shape index (κ1) is 25.9. The smallest absolute Gasteiger partial charge is 0.184 e. The summed E-state index contributed by atoms with van der Waals surface area (Å²) in [5, 5.41) is 7.00. The lowest BCUT2D eigenvalue weighted by Crippen LogP contribution is -2.39. The van der Waals surface area contributed by atoms with Crippen LogP contribution in [0.5, 0.6) is 17.2 Å². The van der Waals surface area contributed by atoms with Gasteiger partial charge in [0.2, 0.25) is 0 Å². The summed E-state index contributed by atoms with van der Waals surface area (Å²) in [5.41, 5.74) is 5.11. The number of aliphatic hydroxyl groups is 1. The Balaban J connectivity index is 0.00000158. The van der Waals surface area contributed by atoms with Gasteiger partial charge in [0, 0.05) is 31.8 Å². The molecular weight excluding hydrogens is 453 g/mol. The first-order chi connectivity index (χ1) is 16.5. The zero-order chi connectivity index (χ0) is 24.7. The van der Waals surface area contributed by atoms with Crippen molar-refractivity contribution in [3.05, 3.63) is 88.1 Å². The number of methoxy groups -OCH3 is 2. The highest BCUT2D eigenvalue weighted by molar-refractivity contribution is 7.99. The Morgan fingerprint density at radius 2 is 1.97 bits per heavy atom.